The van der Waals surface area contributed by atoms with E-state index < -0.39 is 5.97 Å². The summed E-state index contributed by atoms with van der Waals surface area (Å²) in [5, 5.41) is 13.2. The largest absolute Gasteiger partial charge is 0.481 e. The van der Waals surface area contributed by atoms with Gasteiger partial charge in [0.05, 0.1) is 12.1 Å². The maximum absolute atomic E-state index is 12.4. The van der Waals surface area contributed by atoms with E-state index in [4.69, 9.17) is 5.11 Å². The van der Waals surface area contributed by atoms with Crippen LogP contribution in [-0.4, -0.2) is 30.4 Å². The Bertz CT molecular complexity index is 730. The van der Waals surface area contributed by atoms with E-state index in [2.05, 4.69) is 10.1 Å². The van der Waals surface area contributed by atoms with Crippen molar-refractivity contribution in [2.45, 2.75) is 40.2 Å². The van der Waals surface area contributed by atoms with Gasteiger partial charge in [0.15, 0.2) is 0 Å². The summed E-state index contributed by atoms with van der Waals surface area (Å²) in [6, 6.07) is 0. The van der Waals surface area contributed by atoms with Crippen molar-refractivity contribution >= 4 is 5.97 Å². The van der Waals surface area contributed by atoms with Gasteiger partial charge in [-0.1, -0.05) is 6.92 Å². The summed E-state index contributed by atoms with van der Waals surface area (Å²) in [5.74, 6) is -0.728. The summed E-state index contributed by atoms with van der Waals surface area (Å²) in [5.41, 5.74) is 1.62. The van der Waals surface area contributed by atoms with E-state index >= 15 is 0 Å². The van der Waals surface area contributed by atoms with E-state index in [1.54, 1.807) is 30.8 Å². The zero-order chi connectivity index (χ0) is 15.6. The molecule has 0 aliphatic heterocycles. The van der Waals surface area contributed by atoms with Gasteiger partial charge in [-0.15, -0.1) is 0 Å². The van der Waals surface area contributed by atoms with Gasteiger partial charge in [0.2, 0.25) is 5.82 Å². The van der Waals surface area contributed by atoms with E-state index in [1.807, 2.05) is 6.92 Å². The van der Waals surface area contributed by atoms with Crippen LogP contribution in [0, 0.1) is 13.8 Å². The molecule has 0 aliphatic rings. The van der Waals surface area contributed by atoms with Crippen molar-refractivity contribution in [2.75, 3.05) is 0 Å². The number of hydrogen-bond donors (Lipinski definition) is 1. The molecule has 21 heavy (non-hydrogen) atoms. The van der Waals surface area contributed by atoms with Crippen molar-refractivity contribution < 1.29 is 9.90 Å². The Labute approximate surface area is 121 Å². The first-order valence-corrected chi connectivity index (χ1v) is 6.78. The molecule has 0 bridgehead atoms. The zero-order valence-corrected chi connectivity index (χ0v) is 12.3. The second-order valence-electron chi connectivity index (χ2n) is 4.88. The predicted octanol–water partition coefficient (Wildman–Crippen LogP) is 1.08. The number of carbonyl (C=O) groups is 1. The monoisotopic (exact) mass is 290 g/mol. The van der Waals surface area contributed by atoms with Gasteiger partial charge in [-0.25, -0.2) is 9.67 Å². The highest BCUT2D eigenvalue weighted by molar-refractivity contribution is 5.71. The average molecular weight is 290 g/mol. The molecule has 112 valence electrons. The Kier molecular flexibility index (Phi) is 4.21. The third-order valence-corrected chi connectivity index (χ3v) is 3.33. The van der Waals surface area contributed by atoms with Gasteiger partial charge in [-0.05, 0) is 20.3 Å². The van der Waals surface area contributed by atoms with E-state index in [1.165, 1.54) is 4.68 Å². The highest BCUT2D eigenvalue weighted by Crippen LogP contribution is 2.15. The van der Waals surface area contributed by atoms with Crippen molar-refractivity contribution in [3.05, 3.63) is 39.7 Å². The van der Waals surface area contributed by atoms with Crippen LogP contribution < -0.4 is 5.56 Å². The number of carboxylic acids is 1. The molecular weight excluding hydrogens is 272 g/mol. The van der Waals surface area contributed by atoms with Crippen LogP contribution in [0.5, 0.6) is 0 Å². The number of hydrogen-bond acceptors (Lipinski definition) is 4. The number of carboxylic acid groups (broad SMARTS) is 1. The molecule has 2 aromatic heterocycles. The fourth-order valence-electron chi connectivity index (χ4n) is 2.29. The lowest BCUT2D eigenvalue weighted by Gasteiger charge is -2.07. The molecule has 0 amide bonds. The molecule has 0 spiro atoms. The lowest BCUT2D eigenvalue weighted by atomic mass is 10.1. The Balaban J connectivity index is 2.56. The topological polar surface area (TPSA) is 90.0 Å². The number of aryl methyl sites for hydroxylation is 2. The summed E-state index contributed by atoms with van der Waals surface area (Å²) < 4.78 is 3.01. The molecule has 0 radical (unpaired) electrons. The van der Waals surface area contributed by atoms with E-state index in [0.717, 1.165) is 6.42 Å². The summed E-state index contributed by atoms with van der Waals surface area (Å²) in [6.45, 7) is 6.07. The van der Waals surface area contributed by atoms with Crippen LogP contribution >= 0.6 is 0 Å². The molecule has 0 unspecified atom stereocenters. The smallest absolute Gasteiger partial charge is 0.307 e. The van der Waals surface area contributed by atoms with Crippen LogP contribution in [0.3, 0.4) is 0 Å². The van der Waals surface area contributed by atoms with E-state index in [9.17, 15) is 9.59 Å². The molecule has 0 saturated carbocycles. The minimum absolute atomic E-state index is 0.117. The number of nitrogens with zero attached hydrogens (tertiary/aromatic N) is 4. The van der Waals surface area contributed by atoms with Crippen LogP contribution in [0.15, 0.2) is 17.2 Å². The number of aliphatic carboxylic acids is 1. The van der Waals surface area contributed by atoms with Crippen molar-refractivity contribution in [3.8, 4) is 5.82 Å². The molecule has 1 N–H and O–H groups in total. The highest BCUT2D eigenvalue weighted by atomic mass is 16.4. The third-order valence-electron chi connectivity index (χ3n) is 3.33. The number of aromatic nitrogens is 4. The molecule has 0 aliphatic carbocycles. The van der Waals surface area contributed by atoms with Crippen LogP contribution in [0.1, 0.15) is 30.3 Å². The number of rotatable bonds is 5. The van der Waals surface area contributed by atoms with Gasteiger partial charge in [0.1, 0.15) is 0 Å². The van der Waals surface area contributed by atoms with Gasteiger partial charge in [0, 0.05) is 30.2 Å². The third kappa shape index (κ3) is 2.86. The Hall–Kier alpha value is -2.44. The van der Waals surface area contributed by atoms with E-state index in [0.29, 0.717) is 23.5 Å². The molecule has 0 atom stereocenters. The normalized spacial score (nSPS) is 10.8. The fourth-order valence-corrected chi connectivity index (χ4v) is 2.29. The van der Waals surface area contributed by atoms with Gasteiger partial charge < -0.3 is 9.67 Å². The van der Waals surface area contributed by atoms with Crippen LogP contribution in [0.2, 0.25) is 0 Å². The van der Waals surface area contributed by atoms with Gasteiger partial charge in [0.25, 0.3) is 5.56 Å². The standard InChI is InChI=1S/C14H18N4O3/c1-4-6-17-7-5-15-13(14(17)21)18-10(3)11(8-12(19)20)9(2)16-18/h5,7H,4,6,8H2,1-3H3,(H,19,20). The summed E-state index contributed by atoms with van der Waals surface area (Å²) >= 11 is 0. The quantitative estimate of drug-likeness (QED) is 0.890. The Morgan fingerprint density at radius 3 is 2.71 bits per heavy atom. The highest BCUT2D eigenvalue weighted by Gasteiger charge is 2.18. The van der Waals surface area contributed by atoms with Crippen molar-refractivity contribution in [2.24, 2.45) is 0 Å². The van der Waals surface area contributed by atoms with Crippen molar-refractivity contribution in [3.63, 3.8) is 0 Å². The van der Waals surface area contributed by atoms with Gasteiger partial charge >= 0.3 is 5.97 Å². The maximum Gasteiger partial charge on any atom is 0.307 e. The molecule has 2 heterocycles. The van der Waals surface area contributed by atoms with Crippen molar-refractivity contribution in [1.29, 1.82) is 0 Å². The second kappa shape index (κ2) is 5.90. The first-order chi connectivity index (χ1) is 9.95. The van der Waals surface area contributed by atoms with Gasteiger partial charge in [-0.3, -0.25) is 9.59 Å². The van der Waals surface area contributed by atoms with Crippen LogP contribution in [0.4, 0.5) is 0 Å². The molecular formula is C14H18N4O3. The minimum Gasteiger partial charge on any atom is -0.481 e. The summed E-state index contributed by atoms with van der Waals surface area (Å²) in [4.78, 5) is 27.4. The Morgan fingerprint density at radius 1 is 1.38 bits per heavy atom. The summed E-state index contributed by atoms with van der Waals surface area (Å²) in [6.07, 6.45) is 3.91. The lowest BCUT2D eigenvalue weighted by Crippen LogP contribution is -2.26. The molecule has 7 heteroatoms. The zero-order valence-electron chi connectivity index (χ0n) is 12.3. The molecule has 7 nitrogen and oxygen atoms in total. The fraction of sp³-hybridized carbons (Fsp3) is 0.429. The molecule has 2 aromatic rings. The summed E-state index contributed by atoms with van der Waals surface area (Å²) in [7, 11) is 0. The molecule has 0 saturated heterocycles. The predicted molar refractivity (Wildman–Crippen MR) is 76.7 cm³/mol. The van der Waals surface area contributed by atoms with Gasteiger partial charge in [-0.2, -0.15) is 5.10 Å². The van der Waals surface area contributed by atoms with Crippen LogP contribution in [0.25, 0.3) is 5.82 Å². The second-order valence-corrected chi connectivity index (χ2v) is 4.88. The first kappa shape index (κ1) is 15.0. The molecule has 0 fully saturated rings. The first-order valence-electron chi connectivity index (χ1n) is 6.78. The van der Waals surface area contributed by atoms with Crippen LogP contribution in [-0.2, 0) is 17.8 Å². The SMILES string of the molecule is CCCn1ccnc(-n2nc(C)c(CC(=O)O)c2C)c1=O. The lowest BCUT2D eigenvalue weighted by molar-refractivity contribution is -0.136. The maximum atomic E-state index is 12.4. The molecule has 2 rings (SSSR count). The average Bonchev–Trinajstić information content (AvgIpc) is 2.69. The van der Waals surface area contributed by atoms with Crippen molar-refractivity contribution in [1.82, 2.24) is 19.3 Å². The van der Waals surface area contributed by atoms with E-state index in [-0.39, 0.29) is 17.8 Å². The molecule has 0 aromatic carbocycles. The Morgan fingerprint density at radius 2 is 2.10 bits per heavy atom. The minimum atomic E-state index is -0.926.